The van der Waals surface area contributed by atoms with Crippen molar-refractivity contribution >= 4 is 11.6 Å². The molecule has 0 saturated heterocycles. The third kappa shape index (κ3) is 3.63. The molecule has 6 heteroatoms. The minimum atomic E-state index is -0.0224. The van der Waals surface area contributed by atoms with Gasteiger partial charge in [-0.25, -0.2) is 4.68 Å². The second-order valence-corrected chi connectivity index (χ2v) is 6.04. The number of nitrogens with one attached hydrogen (secondary N) is 1. The number of anilines is 1. The van der Waals surface area contributed by atoms with Gasteiger partial charge in [0.2, 0.25) is 5.91 Å². The zero-order valence-electron chi connectivity index (χ0n) is 12.2. The molecule has 2 rings (SSSR count). The molecule has 0 spiro atoms. The van der Waals surface area contributed by atoms with Crippen LogP contribution in [-0.4, -0.2) is 26.1 Å². The molecule has 0 radical (unpaired) electrons. The highest BCUT2D eigenvalue weighted by atomic mass is 16.1. The van der Waals surface area contributed by atoms with Gasteiger partial charge in [-0.2, -0.15) is 0 Å². The Morgan fingerprint density at radius 3 is 2.65 bits per heavy atom. The van der Waals surface area contributed by atoms with E-state index in [-0.39, 0.29) is 11.3 Å². The molecule has 1 aromatic heterocycles. The van der Waals surface area contributed by atoms with E-state index >= 15 is 0 Å². The molecule has 1 N–H and O–H groups in total. The molecule has 20 heavy (non-hydrogen) atoms. The minimum absolute atomic E-state index is 0.0204. The van der Waals surface area contributed by atoms with Crippen LogP contribution < -0.4 is 5.32 Å². The smallest absolute Gasteiger partial charge is 0.224 e. The van der Waals surface area contributed by atoms with Crippen LogP contribution in [0.4, 0.5) is 5.69 Å². The van der Waals surface area contributed by atoms with Crippen LogP contribution in [0.25, 0.3) is 5.69 Å². The second kappa shape index (κ2) is 5.40. The number of benzene rings is 1. The van der Waals surface area contributed by atoms with E-state index in [4.69, 9.17) is 0 Å². The summed E-state index contributed by atoms with van der Waals surface area (Å²) in [7, 11) is 0. The molecule has 6 nitrogen and oxygen atoms in total. The maximum atomic E-state index is 11.9. The summed E-state index contributed by atoms with van der Waals surface area (Å²) in [5.74, 6) is 0.0204. The Hall–Kier alpha value is -2.24. The lowest BCUT2D eigenvalue weighted by Crippen LogP contribution is -2.19. The Morgan fingerprint density at radius 1 is 1.35 bits per heavy atom. The summed E-state index contributed by atoms with van der Waals surface area (Å²) < 4.78 is 1.59. The molecule has 0 unspecified atom stereocenters. The van der Waals surface area contributed by atoms with Gasteiger partial charge in [0.25, 0.3) is 0 Å². The number of nitrogens with zero attached hydrogens (tertiary/aromatic N) is 4. The minimum Gasteiger partial charge on any atom is -0.326 e. The van der Waals surface area contributed by atoms with Gasteiger partial charge in [-0.3, -0.25) is 4.79 Å². The highest BCUT2D eigenvalue weighted by Gasteiger charge is 2.16. The van der Waals surface area contributed by atoms with Crippen LogP contribution in [0, 0.1) is 12.3 Å². The van der Waals surface area contributed by atoms with Crippen molar-refractivity contribution in [2.75, 3.05) is 5.32 Å². The lowest BCUT2D eigenvalue weighted by Gasteiger charge is -2.17. The largest absolute Gasteiger partial charge is 0.326 e. The zero-order valence-corrected chi connectivity index (χ0v) is 12.2. The van der Waals surface area contributed by atoms with E-state index in [0.717, 1.165) is 16.9 Å². The van der Waals surface area contributed by atoms with E-state index < -0.39 is 0 Å². The average molecular weight is 273 g/mol. The van der Waals surface area contributed by atoms with Crippen molar-refractivity contribution in [3.63, 3.8) is 0 Å². The van der Waals surface area contributed by atoms with Gasteiger partial charge in [-0.05, 0) is 46.5 Å². The first-order chi connectivity index (χ1) is 9.35. The molecule has 1 aromatic carbocycles. The van der Waals surface area contributed by atoms with Crippen molar-refractivity contribution in [2.45, 2.75) is 34.1 Å². The summed E-state index contributed by atoms with van der Waals surface area (Å²) in [6, 6.07) is 5.65. The Morgan fingerprint density at radius 2 is 2.10 bits per heavy atom. The molecule has 1 heterocycles. The van der Waals surface area contributed by atoms with Crippen LogP contribution in [0.3, 0.4) is 0 Å². The van der Waals surface area contributed by atoms with Crippen molar-refractivity contribution in [3.05, 3.63) is 30.1 Å². The predicted molar refractivity (Wildman–Crippen MR) is 76.6 cm³/mol. The highest BCUT2D eigenvalue weighted by Crippen LogP contribution is 2.21. The number of amides is 1. The Balaban J connectivity index is 2.12. The molecular weight excluding hydrogens is 254 g/mol. The maximum absolute atomic E-state index is 11.9. The molecule has 0 bridgehead atoms. The third-order valence-corrected chi connectivity index (χ3v) is 2.77. The molecule has 0 aliphatic rings. The van der Waals surface area contributed by atoms with E-state index in [0.29, 0.717) is 6.42 Å². The summed E-state index contributed by atoms with van der Waals surface area (Å²) in [4.78, 5) is 11.9. The fraction of sp³-hybridized carbons (Fsp3) is 0.429. The van der Waals surface area contributed by atoms with Gasteiger partial charge < -0.3 is 5.32 Å². The van der Waals surface area contributed by atoms with Gasteiger partial charge in [0.15, 0.2) is 0 Å². The monoisotopic (exact) mass is 273 g/mol. The summed E-state index contributed by atoms with van der Waals surface area (Å²) in [6.07, 6.45) is 2.03. The van der Waals surface area contributed by atoms with Gasteiger partial charge in [0, 0.05) is 12.1 Å². The second-order valence-electron chi connectivity index (χ2n) is 6.04. The Kier molecular flexibility index (Phi) is 3.83. The molecule has 0 fully saturated rings. The number of hydrogen-bond donors (Lipinski definition) is 1. The lowest BCUT2D eigenvalue weighted by molar-refractivity contribution is -0.117. The van der Waals surface area contributed by atoms with Gasteiger partial charge >= 0.3 is 0 Å². The van der Waals surface area contributed by atoms with Crippen molar-refractivity contribution in [3.8, 4) is 5.69 Å². The molecule has 0 atom stereocenters. The van der Waals surface area contributed by atoms with Crippen molar-refractivity contribution in [1.82, 2.24) is 20.2 Å². The molecule has 0 aliphatic carbocycles. The van der Waals surface area contributed by atoms with Crippen LogP contribution in [0.15, 0.2) is 24.5 Å². The molecule has 0 aliphatic heterocycles. The fourth-order valence-corrected chi connectivity index (χ4v) is 1.95. The predicted octanol–water partition coefficient (Wildman–Crippen LogP) is 2.35. The summed E-state index contributed by atoms with van der Waals surface area (Å²) >= 11 is 0. The van der Waals surface area contributed by atoms with Gasteiger partial charge in [0.1, 0.15) is 6.33 Å². The fourth-order valence-electron chi connectivity index (χ4n) is 1.95. The molecule has 106 valence electrons. The molecule has 2 aromatic rings. The first-order valence-corrected chi connectivity index (χ1v) is 6.49. The van der Waals surface area contributed by atoms with Gasteiger partial charge in [-0.1, -0.05) is 20.8 Å². The molecular formula is C14H19N5O. The number of tetrazole rings is 1. The van der Waals surface area contributed by atoms with E-state index in [9.17, 15) is 4.79 Å². The van der Waals surface area contributed by atoms with Crippen LogP contribution in [0.1, 0.15) is 32.8 Å². The van der Waals surface area contributed by atoms with Gasteiger partial charge in [0.05, 0.1) is 5.69 Å². The van der Waals surface area contributed by atoms with Crippen molar-refractivity contribution in [2.24, 2.45) is 5.41 Å². The van der Waals surface area contributed by atoms with E-state index in [1.54, 1.807) is 11.0 Å². The van der Waals surface area contributed by atoms with E-state index in [1.807, 2.05) is 45.9 Å². The van der Waals surface area contributed by atoms with Crippen LogP contribution in [-0.2, 0) is 4.79 Å². The standard InChI is InChI=1S/C14H19N5O/c1-10-7-11(16-13(20)8-14(2,3)4)5-6-12(10)19-9-15-17-18-19/h5-7,9H,8H2,1-4H3,(H,16,20). The maximum Gasteiger partial charge on any atom is 0.224 e. The summed E-state index contributed by atoms with van der Waals surface area (Å²) in [5.41, 5.74) is 2.65. The molecule has 1 amide bonds. The first-order valence-electron chi connectivity index (χ1n) is 6.49. The molecule has 0 saturated carbocycles. The summed E-state index contributed by atoms with van der Waals surface area (Å²) in [5, 5.41) is 14.0. The number of aromatic nitrogens is 4. The quantitative estimate of drug-likeness (QED) is 0.931. The normalized spacial score (nSPS) is 11.4. The van der Waals surface area contributed by atoms with Crippen LogP contribution in [0.2, 0.25) is 0 Å². The highest BCUT2D eigenvalue weighted by molar-refractivity contribution is 5.91. The van der Waals surface area contributed by atoms with Crippen LogP contribution in [0.5, 0.6) is 0 Å². The third-order valence-electron chi connectivity index (χ3n) is 2.77. The SMILES string of the molecule is Cc1cc(NC(=O)CC(C)(C)C)ccc1-n1cnnn1. The summed E-state index contributed by atoms with van der Waals surface area (Å²) in [6.45, 7) is 8.08. The van der Waals surface area contributed by atoms with Gasteiger partial charge in [-0.15, -0.1) is 5.10 Å². The Bertz CT molecular complexity index is 599. The zero-order chi connectivity index (χ0) is 14.8. The average Bonchev–Trinajstić information content (AvgIpc) is 2.79. The number of hydrogen-bond acceptors (Lipinski definition) is 4. The lowest BCUT2D eigenvalue weighted by atomic mass is 9.92. The number of rotatable bonds is 3. The van der Waals surface area contributed by atoms with E-state index in [2.05, 4.69) is 20.8 Å². The van der Waals surface area contributed by atoms with Crippen molar-refractivity contribution in [1.29, 1.82) is 0 Å². The van der Waals surface area contributed by atoms with E-state index in [1.165, 1.54) is 0 Å². The van der Waals surface area contributed by atoms with Crippen molar-refractivity contribution < 1.29 is 4.79 Å². The number of aryl methyl sites for hydroxylation is 1. The number of carbonyl (C=O) groups is 1. The first kappa shape index (κ1) is 14.2. The Labute approximate surface area is 118 Å². The number of carbonyl (C=O) groups excluding carboxylic acids is 1. The van der Waals surface area contributed by atoms with Crippen LogP contribution >= 0.6 is 0 Å². The topological polar surface area (TPSA) is 72.7 Å².